The molecule has 0 radical (unpaired) electrons. The van der Waals surface area contributed by atoms with Gasteiger partial charge in [0.2, 0.25) is 0 Å². The number of benzene rings is 1. The van der Waals surface area contributed by atoms with E-state index in [9.17, 15) is 4.39 Å². The molecule has 1 aromatic carbocycles. The first-order chi connectivity index (χ1) is 7.83. The first-order valence-corrected chi connectivity index (χ1v) is 5.67. The lowest BCUT2D eigenvalue weighted by Crippen LogP contribution is -2.38. The summed E-state index contributed by atoms with van der Waals surface area (Å²) in [5, 5.41) is 1.81. The summed E-state index contributed by atoms with van der Waals surface area (Å²) < 4.78 is 13.6. The molecule has 0 aliphatic carbocycles. The number of hydrogen-bond acceptors (Lipinski definition) is 3. The lowest BCUT2D eigenvalue weighted by atomic mass is 10.1. The topological polar surface area (TPSA) is 38.5 Å². The van der Waals surface area contributed by atoms with Crippen molar-refractivity contribution in [2.24, 2.45) is 5.73 Å². The first kappa shape index (κ1) is 11.5. The third-order valence-corrected chi connectivity index (χ3v) is 2.87. The minimum absolute atomic E-state index is 0.179. The molecule has 1 fully saturated rings. The Kier molecular flexibility index (Phi) is 3.88. The molecule has 1 saturated heterocycles. The van der Waals surface area contributed by atoms with Gasteiger partial charge in [0, 0.05) is 18.7 Å². The van der Waals surface area contributed by atoms with Crippen LogP contribution in [-0.2, 0) is 4.84 Å². The molecule has 2 rings (SSSR count). The molecule has 16 heavy (non-hydrogen) atoms. The Morgan fingerprint density at radius 3 is 2.81 bits per heavy atom. The molecule has 1 unspecified atom stereocenters. The van der Waals surface area contributed by atoms with Crippen LogP contribution in [0.25, 0.3) is 0 Å². The maximum absolute atomic E-state index is 13.6. The minimum atomic E-state index is -0.216. The zero-order valence-corrected chi connectivity index (χ0v) is 9.23. The fourth-order valence-corrected chi connectivity index (χ4v) is 2.01. The summed E-state index contributed by atoms with van der Waals surface area (Å²) in [6.45, 7) is 1.88. The normalized spacial score (nSPS) is 19.6. The fourth-order valence-electron chi connectivity index (χ4n) is 2.01. The van der Waals surface area contributed by atoms with E-state index in [0.29, 0.717) is 18.7 Å². The standard InChI is InChI=1S/C12H17FN2O/c13-11-6-2-1-5-10(11)12(9-14)15-7-3-4-8-16-15/h1-2,5-6,12H,3-4,7-9,14H2. The molecule has 2 N–H and O–H groups in total. The van der Waals surface area contributed by atoms with Crippen molar-refractivity contribution in [1.29, 1.82) is 0 Å². The van der Waals surface area contributed by atoms with Crippen molar-refractivity contribution in [3.8, 4) is 0 Å². The van der Waals surface area contributed by atoms with Crippen molar-refractivity contribution in [3.63, 3.8) is 0 Å². The predicted octanol–water partition coefficient (Wildman–Crippen LogP) is 1.85. The Balaban J connectivity index is 2.18. The SMILES string of the molecule is NCC(c1ccccc1F)N1CCCCO1. The van der Waals surface area contributed by atoms with E-state index in [0.717, 1.165) is 19.4 Å². The zero-order valence-electron chi connectivity index (χ0n) is 9.23. The van der Waals surface area contributed by atoms with Gasteiger partial charge in [-0.2, -0.15) is 5.06 Å². The number of nitrogens with zero attached hydrogens (tertiary/aromatic N) is 1. The molecule has 88 valence electrons. The number of rotatable bonds is 3. The monoisotopic (exact) mass is 224 g/mol. The summed E-state index contributed by atoms with van der Waals surface area (Å²) in [5.41, 5.74) is 6.33. The molecule has 1 atom stereocenters. The van der Waals surface area contributed by atoms with Gasteiger partial charge in [0.15, 0.2) is 0 Å². The average Bonchev–Trinajstić information content (AvgIpc) is 2.34. The van der Waals surface area contributed by atoms with Crippen LogP contribution < -0.4 is 5.73 Å². The molecular weight excluding hydrogens is 207 g/mol. The summed E-state index contributed by atoms with van der Waals surface area (Å²) in [5.74, 6) is -0.216. The molecule has 1 aliphatic rings. The van der Waals surface area contributed by atoms with Crippen LogP contribution in [0.2, 0.25) is 0 Å². The largest absolute Gasteiger partial charge is 0.329 e. The summed E-state index contributed by atoms with van der Waals surface area (Å²) in [7, 11) is 0. The lowest BCUT2D eigenvalue weighted by Gasteiger charge is -2.33. The highest BCUT2D eigenvalue weighted by atomic mass is 19.1. The van der Waals surface area contributed by atoms with Crippen LogP contribution in [0, 0.1) is 5.82 Å². The smallest absolute Gasteiger partial charge is 0.128 e. The van der Waals surface area contributed by atoms with Crippen molar-refractivity contribution in [2.45, 2.75) is 18.9 Å². The van der Waals surface area contributed by atoms with Crippen LogP contribution in [0.4, 0.5) is 4.39 Å². The quantitative estimate of drug-likeness (QED) is 0.851. The van der Waals surface area contributed by atoms with Crippen molar-refractivity contribution in [1.82, 2.24) is 5.06 Å². The van der Waals surface area contributed by atoms with E-state index in [1.165, 1.54) is 6.07 Å². The van der Waals surface area contributed by atoms with Gasteiger partial charge in [-0.1, -0.05) is 18.2 Å². The van der Waals surface area contributed by atoms with E-state index in [1.54, 1.807) is 12.1 Å². The summed E-state index contributed by atoms with van der Waals surface area (Å²) in [4.78, 5) is 5.53. The average molecular weight is 224 g/mol. The Bertz CT molecular complexity index is 340. The van der Waals surface area contributed by atoms with Crippen LogP contribution in [0.3, 0.4) is 0 Å². The van der Waals surface area contributed by atoms with Crippen LogP contribution in [0.1, 0.15) is 24.4 Å². The molecule has 3 nitrogen and oxygen atoms in total. The van der Waals surface area contributed by atoms with E-state index >= 15 is 0 Å². The maximum Gasteiger partial charge on any atom is 0.128 e. The Hall–Kier alpha value is -0.970. The summed E-state index contributed by atoms with van der Waals surface area (Å²) in [6, 6.07) is 6.56. The Morgan fingerprint density at radius 1 is 1.38 bits per heavy atom. The molecule has 0 bridgehead atoms. The minimum Gasteiger partial charge on any atom is -0.329 e. The molecular formula is C12H17FN2O. The molecule has 1 aromatic rings. The van der Waals surface area contributed by atoms with Crippen LogP contribution in [-0.4, -0.2) is 24.8 Å². The predicted molar refractivity (Wildman–Crippen MR) is 60.1 cm³/mol. The molecule has 0 spiro atoms. The first-order valence-electron chi connectivity index (χ1n) is 5.67. The molecule has 0 amide bonds. The van der Waals surface area contributed by atoms with Gasteiger partial charge in [0.1, 0.15) is 5.82 Å². The van der Waals surface area contributed by atoms with Gasteiger partial charge in [-0.3, -0.25) is 4.84 Å². The third-order valence-electron chi connectivity index (χ3n) is 2.87. The number of halogens is 1. The van der Waals surface area contributed by atoms with E-state index in [2.05, 4.69) is 0 Å². The van der Waals surface area contributed by atoms with Gasteiger partial charge < -0.3 is 5.73 Å². The van der Waals surface area contributed by atoms with Crippen molar-refractivity contribution in [2.75, 3.05) is 19.7 Å². The molecule has 0 aromatic heterocycles. The number of nitrogens with two attached hydrogens (primary N) is 1. The lowest BCUT2D eigenvalue weighted by molar-refractivity contribution is -0.206. The van der Waals surface area contributed by atoms with Crippen molar-refractivity contribution >= 4 is 0 Å². The van der Waals surface area contributed by atoms with E-state index in [4.69, 9.17) is 10.6 Å². The van der Waals surface area contributed by atoms with Crippen LogP contribution in [0.5, 0.6) is 0 Å². The Labute approximate surface area is 94.9 Å². The van der Waals surface area contributed by atoms with Gasteiger partial charge in [-0.15, -0.1) is 0 Å². The fraction of sp³-hybridized carbons (Fsp3) is 0.500. The Morgan fingerprint density at radius 2 is 2.19 bits per heavy atom. The second kappa shape index (κ2) is 5.39. The highest BCUT2D eigenvalue weighted by Gasteiger charge is 2.24. The zero-order chi connectivity index (χ0) is 11.4. The van der Waals surface area contributed by atoms with E-state index < -0.39 is 0 Å². The van der Waals surface area contributed by atoms with Gasteiger partial charge >= 0.3 is 0 Å². The van der Waals surface area contributed by atoms with Gasteiger partial charge in [-0.25, -0.2) is 4.39 Å². The van der Waals surface area contributed by atoms with Gasteiger partial charge in [0.25, 0.3) is 0 Å². The second-order valence-corrected chi connectivity index (χ2v) is 3.95. The van der Waals surface area contributed by atoms with Gasteiger partial charge in [0.05, 0.1) is 12.6 Å². The number of hydroxylamine groups is 2. The molecule has 0 saturated carbocycles. The highest BCUT2D eigenvalue weighted by Crippen LogP contribution is 2.24. The van der Waals surface area contributed by atoms with E-state index in [-0.39, 0.29) is 11.9 Å². The number of hydrogen-bond donors (Lipinski definition) is 1. The summed E-state index contributed by atoms with van der Waals surface area (Å²) >= 11 is 0. The molecule has 4 heteroatoms. The van der Waals surface area contributed by atoms with E-state index in [1.807, 2.05) is 11.1 Å². The van der Waals surface area contributed by atoms with Crippen molar-refractivity contribution < 1.29 is 9.23 Å². The van der Waals surface area contributed by atoms with Crippen LogP contribution >= 0.6 is 0 Å². The third kappa shape index (κ3) is 2.40. The second-order valence-electron chi connectivity index (χ2n) is 3.95. The summed E-state index contributed by atoms with van der Waals surface area (Å²) in [6.07, 6.45) is 2.13. The molecule has 1 heterocycles. The maximum atomic E-state index is 13.6. The van der Waals surface area contributed by atoms with Gasteiger partial charge in [-0.05, 0) is 18.9 Å². The van der Waals surface area contributed by atoms with Crippen LogP contribution in [0.15, 0.2) is 24.3 Å². The molecule has 1 aliphatic heterocycles. The van der Waals surface area contributed by atoms with Crippen molar-refractivity contribution in [3.05, 3.63) is 35.6 Å². The highest BCUT2D eigenvalue weighted by molar-refractivity contribution is 5.21.